The first kappa shape index (κ1) is 25.8. The quantitative estimate of drug-likeness (QED) is 0.451. The van der Waals surface area contributed by atoms with E-state index in [1.54, 1.807) is 19.3 Å². The smallest absolute Gasteiger partial charge is 0.267 e. The number of pyridine rings is 2. The minimum absolute atomic E-state index is 0.0860. The number of nitrogens with zero attached hydrogens (tertiary/aromatic N) is 2. The summed E-state index contributed by atoms with van der Waals surface area (Å²) in [4.78, 5) is 30.5. The number of aryl methyl sites for hydroxylation is 1. The summed E-state index contributed by atoms with van der Waals surface area (Å²) in [7, 11) is 4.58. The molecule has 4 rings (SSSR count). The van der Waals surface area contributed by atoms with Gasteiger partial charge in [-0.05, 0) is 53.6 Å². The van der Waals surface area contributed by atoms with Crippen molar-refractivity contribution in [3.05, 3.63) is 68.9 Å². The topological polar surface area (TPSA) is 82.4 Å². The fourth-order valence-corrected chi connectivity index (χ4v) is 5.15. The second-order valence-electron chi connectivity index (χ2n) is 9.53. The van der Waals surface area contributed by atoms with Crippen LogP contribution in [-0.2, 0) is 24.6 Å². The first-order chi connectivity index (χ1) is 17.4. The molecule has 3 aromatic rings. The summed E-state index contributed by atoms with van der Waals surface area (Å²) in [5.41, 5.74) is 3.45. The predicted octanol–water partition coefficient (Wildman–Crippen LogP) is 4.17. The van der Waals surface area contributed by atoms with Gasteiger partial charge in [-0.3, -0.25) is 14.6 Å². The van der Waals surface area contributed by atoms with Crippen LogP contribution in [0.4, 0.5) is 4.39 Å². The molecular formula is C28H34FN3O4. The molecule has 1 aliphatic carbocycles. The number of nitrogens with one attached hydrogen (secondary N) is 1. The lowest BCUT2D eigenvalue weighted by molar-refractivity contribution is 0.0932. The number of amides is 1. The number of rotatable bonds is 9. The van der Waals surface area contributed by atoms with Gasteiger partial charge in [0.05, 0.1) is 19.2 Å². The van der Waals surface area contributed by atoms with Crippen LogP contribution in [0.3, 0.4) is 0 Å². The van der Waals surface area contributed by atoms with Crippen LogP contribution in [-0.4, -0.2) is 42.8 Å². The number of benzene rings is 1. The first-order valence-corrected chi connectivity index (χ1v) is 12.5. The highest BCUT2D eigenvalue weighted by Crippen LogP contribution is 2.30. The normalized spacial score (nSPS) is 14.2. The summed E-state index contributed by atoms with van der Waals surface area (Å²) in [5.74, 6) is -0.0116. The van der Waals surface area contributed by atoms with Crippen LogP contribution in [0.1, 0.15) is 59.2 Å². The number of carbonyl (C=O) groups is 1. The first-order valence-electron chi connectivity index (χ1n) is 12.5. The molecular weight excluding hydrogens is 461 g/mol. The molecule has 0 atom stereocenters. The highest BCUT2D eigenvalue weighted by molar-refractivity contribution is 6.01. The molecule has 1 N–H and O–H groups in total. The third-order valence-corrected chi connectivity index (χ3v) is 7.07. The standard InChI is InChI=1S/C28H34FN3O4/c1-32-23-15-19(14-20-9-10-22(29)16-21(20)13-18-7-5-4-6-8-18)17-31-25(23)26(36-3)24(28(32)34)27(33)30-11-12-35-2/h9-10,15-18H,4-8,11-14H2,1-3H3,(H,30,33). The van der Waals surface area contributed by atoms with E-state index < -0.39 is 11.5 Å². The molecule has 8 heteroatoms. The number of hydrogen-bond acceptors (Lipinski definition) is 5. The molecule has 36 heavy (non-hydrogen) atoms. The zero-order valence-electron chi connectivity index (χ0n) is 21.2. The van der Waals surface area contributed by atoms with E-state index in [0.717, 1.165) is 23.1 Å². The molecule has 1 fully saturated rings. The van der Waals surface area contributed by atoms with Gasteiger partial charge in [-0.2, -0.15) is 0 Å². The molecule has 0 spiro atoms. The van der Waals surface area contributed by atoms with Gasteiger partial charge in [0, 0.05) is 26.9 Å². The number of halogens is 1. The largest absolute Gasteiger partial charge is 0.493 e. The van der Waals surface area contributed by atoms with Crippen molar-refractivity contribution in [2.45, 2.75) is 44.9 Å². The summed E-state index contributed by atoms with van der Waals surface area (Å²) >= 11 is 0. The van der Waals surface area contributed by atoms with E-state index in [9.17, 15) is 14.0 Å². The molecule has 0 aliphatic heterocycles. The van der Waals surface area contributed by atoms with Crippen molar-refractivity contribution in [1.82, 2.24) is 14.9 Å². The third-order valence-electron chi connectivity index (χ3n) is 7.07. The summed E-state index contributed by atoms with van der Waals surface area (Å²) in [6.45, 7) is 0.600. The Hall–Kier alpha value is -3.26. The Balaban J connectivity index is 1.68. The number of aromatic nitrogens is 2. The van der Waals surface area contributed by atoms with Gasteiger partial charge < -0.3 is 19.4 Å². The van der Waals surface area contributed by atoms with Gasteiger partial charge in [0.1, 0.15) is 16.9 Å². The molecule has 0 unspecified atom stereocenters. The molecule has 0 saturated heterocycles. The van der Waals surface area contributed by atoms with Gasteiger partial charge in [0.2, 0.25) is 0 Å². The van der Waals surface area contributed by atoms with Gasteiger partial charge in [-0.25, -0.2) is 4.39 Å². The molecule has 1 aliphatic rings. The molecule has 0 bridgehead atoms. The van der Waals surface area contributed by atoms with Gasteiger partial charge >= 0.3 is 0 Å². The molecule has 2 heterocycles. The van der Waals surface area contributed by atoms with E-state index in [-0.39, 0.29) is 23.7 Å². The maximum atomic E-state index is 14.1. The fourth-order valence-electron chi connectivity index (χ4n) is 5.15. The van der Waals surface area contributed by atoms with Crippen LogP contribution in [0.25, 0.3) is 11.0 Å². The molecule has 192 valence electrons. The van der Waals surface area contributed by atoms with Gasteiger partial charge in [-0.1, -0.05) is 38.2 Å². The Morgan fingerprint density at radius 2 is 1.94 bits per heavy atom. The van der Waals surface area contributed by atoms with E-state index >= 15 is 0 Å². The number of carbonyl (C=O) groups excluding carboxylic acids is 1. The average Bonchev–Trinajstić information content (AvgIpc) is 2.88. The van der Waals surface area contributed by atoms with E-state index in [0.29, 0.717) is 30.0 Å². The predicted molar refractivity (Wildman–Crippen MR) is 137 cm³/mol. The molecule has 2 aromatic heterocycles. The maximum Gasteiger partial charge on any atom is 0.267 e. The maximum absolute atomic E-state index is 14.1. The Kier molecular flexibility index (Phi) is 8.36. The van der Waals surface area contributed by atoms with E-state index in [2.05, 4.69) is 10.3 Å². The summed E-state index contributed by atoms with van der Waals surface area (Å²) in [6, 6.07) is 6.91. The zero-order chi connectivity index (χ0) is 25.7. The molecule has 1 amide bonds. The minimum Gasteiger partial charge on any atom is -0.493 e. The van der Waals surface area contributed by atoms with Crippen molar-refractivity contribution in [1.29, 1.82) is 0 Å². The Labute approximate surface area is 210 Å². The summed E-state index contributed by atoms with van der Waals surface area (Å²) in [6.07, 6.45) is 9.33. The lowest BCUT2D eigenvalue weighted by atomic mass is 9.83. The number of ether oxygens (including phenoxy) is 2. The zero-order valence-corrected chi connectivity index (χ0v) is 21.2. The van der Waals surface area contributed by atoms with Crippen molar-refractivity contribution in [2.24, 2.45) is 13.0 Å². The van der Waals surface area contributed by atoms with E-state index in [1.807, 2.05) is 12.1 Å². The van der Waals surface area contributed by atoms with Crippen LogP contribution < -0.4 is 15.6 Å². The van der Waals surface area contributed by atoms with Crippen LogP contribution in [0.2, 0.25) is 0 Å². The second-order valence-corrected chi connectivity index (χ2v) is 9.53. The summed E-state index contributed by atoms with van der Waals surface area (Å²) in [5, 5.41) is 2.68. The van der Waals surface area contributed by atoms with Crippen LogP contribution in [0.15, 0.2) is 35.3 Å². The lowest BCUT2D eigenvalue weighted by Crippen LogP contribution is -2.34. The van der Waals surface area contributed by atoms with Crippen molar-refractivity contribution in [3.63, 3.8) is 0 Å². The minimum atomic E-state index is -0.532. The van der Waals surface area contributed by atoms with Crippen molar-refractivity contribution >= 4 is 16.9 Å². The summed E-state index contributed by atoms with van der Waals surface area (Å²) < 4.78 is 26.0. The van der Waals surface area contributed by atoms with Gasteiger partial charge in [-0.15, -0.1) is 0 Å². The highest BCUT2D eigenvalue weighted by Gasteiger charge is 2.23. The van der Waals surface area contributed by atoms with Crippen molar-refractivity contribution in [3.8, 4) is 5.75 Å². The number of methoxy groups -OCH3 is 2. The molecule has 0 radical (unpaired) electrons. The van der Waals surface area contributed by atoms with Crippen LogP contribution in [0, 0.1) is 11.7 Å². The van der Waals surface area contributed by atoms with E-state index in [4.69, 9.17) is 9.47 Å². The van der Waals surface area contributed by atoms with Crippen LogP contribution in [0.5, 0.6) is 5.75 Å². The molecule has 7 nitrogen and oxygen atoms in total. The Morgan fingerprint density at radius 1 is 1.17 bits per heavy atom. The molecule has 1 aromatic carbocycles. The highest BCUT2D eigenvalue weighted by atomic mass is 19.1. The monoisotopic (exact) mass is 495 g/mol. The lowest BCUT2D eigenvalue weighted by Gasteiger charge is -2.23. The van der Waals surface area contributed by atoms with Crippen molar-refractivity contribution in [2.75, 3.05) is 27.4 Å². The van der Waals surface area contributed by atoms with Gasteiger partial charge in [0.15, 0.2) is 5.75 Å². The fraction of sp³-hybridized carbons (Fsp3) is 0.464. The van der Waals surface area contributed by atoms with Gasteiger partial charge in [0.25, 0.3) is 11.5 Å². The van der Waals surface area contributed by atoms with Crippen LogP contribution >= 0.6 is 0 Å². The van der Waals surface area contributed by atoms with E-state index in [1.165, 1.54) is 57.0 Å². The Morgan fingerprint density at radius 3 is 2.67 bits per heavy atom. The SMILES string of the molecule is COCCNC(=O)c1c(OC)c2ncc(Cc3ccc(F)cc3CC3CCCCC3)cc2n(C)c1=O. The Bertz CT molecular complexity index is 1300. The number of hydrogen-bond donors (Lipinski definition) is 1. The van der Waals surface area contributed by atoms with Crippen molar-refractivity contribution < 1.29 is 18.7 Å². The number of fused-ring (bicyclic) bond motifs is 1. The third kappa shape index (κ3) is 5.59. The average molecular weight is 496 g/mol. The second kappa shape index (κ2) is 11.6. The molecule has 1 saturated carbocycles.